The lowest BCUT2D eigenvalue weighted by Crippen LogP contribution is -2.22. The zero-order valence-electron chi connectivity index (χ0n) is 11.4. The highest BCUT2D eigenvalue weighted by Crippen LogP contribution is 2.23. The molecule has 0 aliphatic heterocycles. The quantitative estimate of drug-likeness (QED) is 0.858. The van der Waals surface area contributed by atoms with Crippen LogP contribution in [0, 0.1) is 0 Å². The van der Waals surface area contributed by atoms with Crippen LogP contribution in [0.4, 0.5) is 5.69 Å². The predicted octanol–water partition coefficient (Wildman–Crippen LogP) is 3.21. The van der Waals surface area contributed by atoms with Gasteiger partial charge in [-0.1, -0.05) is 18.2 Å². The normalized spacial score (nSPS) is 11.7. The lowest BCUT2D eigenvalue weighted by molar-refractivity contribution is -0.115. The zero-order valence-corrected chi connectivity index (χ0v) is 12.2. The number of rotatable bonds is 5. The Morgan fingerprint density at radius 3 is 2.60 bits per heavy atom. The molecule has 1 unspecified atom stereocenters. The molecule has 0 bridgehead atoms. The second kappa shape index (κ2) is 6.96. The van der Waals surface area contributed by atoms with Crippen LogP contribution in [0.2, 0.25) is 0 Å². The van der Waals surface area contributed by atoms with Crippen LogP contribution in [0.1, 0.15) is 6.92 Å². The maximum absolute atomic E-state index is 12.1. The number of aromatic nitrogens is 1. The molecule has 2 aromatic rings. The minimum atomic E-state index is -0.181. The van der Waals surface area contributed by atoms with E-state index < -0.39 is 0 Å². The largest absolute Gasteiger partial charge is 0.481 e. The maximum Gasteiger partial charge on any atom is 0.237 e. The van der Waals surface area contributed by atoms with Crippen molar-refractivity contribution in [1.29, 1.82) is 0 Å². The summed E-state index contributed by atoms with van der Waals surface area (Å²) >= 11 is 1.52. The molecule has 1 aromatic heterocycles. The lowest BCUT2D eigenvalue weighted by atomic mass is 10.3. The van der Waals surface area contributed by atoms with Gasteiger partial charge in [0.1, 0.15) is 0 Å². The van der Waals surface area contributed by atoms with Gasteiger partial charge in [-0.2, -0.15) is 0 Å². The number of ether oxygens (including phenoxy) is 1. The van der Waals surface area contributed by atoms with E-state index in [1.54, 1.807) is 25.4 Å². The van der Waals surface area contributed by atoms with Gasteiger partial charge in [-0.3, -0.25) is 4.79 Å². The minimum absolute atomic E-state index is 0.0502. The van der Waals surface area contributed by atoms with E-state index in [9.17, 15) is 4.79 Å². The summed E-state index contributed by atoms with van der Waals surface area (Å²) in [5, 5.41) is 2.65. The SMILES string of the molecule is COc1ccc(NC(=O)C(C)Sc2ccccc2)cn1. The van der Waals surface area contributed by atoms with Crippen molar-refractivity contribution in [3.8, 4) is 5.88 Å². The van der Waals surface area contributed by atoms with Crippen molar-refractivity contribution < 1.29 is 9.53 Å². The fraction of sp³-hybridized carbons (Fsp3) is 0.200. The lowest BCUT2D eigenvalue weighted by Gasteiger charge is -2.12. The van der Waals surface area contributed by atoms with Crippen LogP contribution in [0.25, 0.3) is 0 Å². The molecule has 2 rings (SSSR count). The molecule has 0 saturated heterocycles. The molecule has 1 N–H and O–H groups in total. The van der Waals surface area contributed by atoms with E-state index in [4.69, 9.17) is 4.74 Å². The number of pyridine rings is 1. The highest BCUT2D eigenvalue weighted by Gasteiger charge is 2.14. The summed E-state index contributed by atoms with van der Waals surface area (Å²) in [6.45, 7) is 1.88. The summed E-state index contributed by atoms with van der Waals surface area (Å²) < 4.78 is 4.97. The molecule has 20 heavy (non-hydrogen) atoms. The number of thioether (sulfide) groups is 1. The summed E-state index contributed by atoms with van der Waals surface area (Å²) in [6.07, 6.45) is 1.58. The van der Waals surface area contributed by atoms with Crippen molar-refractivity contribution in [2.75, 3.05) is 12.4 Å². The first-order valence-corrected chi connectivity index (χ1v) is 7.09. The third kappa shape index (κ3) is 3.99. The van der Waals surface area contributed by atoms with E-state index in [1.807, 2.05) is 37.3 Å². The number of methoxy groups -OCH3 is 1. The summed E-state index contributed by atoms with van der Waals surface area (Å²) in [5.41, 5.74) is 0.663. The maximum atomic E-state index is 12.1. The van der Waals surface area contributed by atoms with Crippen LogP contribution in [0.3, 0.4) is 0 Å². The van der Waals surface area contributed by atoms with Crippen molar-refractivity contribution in [2.45, 2.75) is 17.1 Å². The Kier molecular flexibility index (Phi) is 5.01. The molecule has 0 aliphatic carbocycles. The van der Waals surface area contributed by atoms with Gasteiger partial charge in [-0.05, 0) is 25.1 Å². The first-order chi connectivity index (χ1) is 9.69. The molecule has 0 spiro atoms. The molecule has 4 nitrogen and oxygen atoms in total. The number of benzene rings is 1. The van der Waals surface area contributed by atoms with Gasteiger partial charge < -0.3 is 10.1 Å². The van der Waals surface area contributed by atoms with E-state index in [0.717, 1.165) is 4.90 Å². The van der Waals surface area contributed by atoms with Gasteiger partial charge >= 0.3 is 0 Å². The van der Waals surface area contributed by atoms with Gasteiger partial charge in [-0.15, -0.1) is 11.8 Å². The molecule has 0 aliphatic rings. The summed E-state index contributed by atoms with van der Waals surface area (Å²) in [6, 6.07) is 13.3. The Balaban J connectivity index is 1.93. The van der Waals surface area contributed by atoms with Crippen molar-refractivity contribution in [3.05, 3.63) is 48.7 Å². The van der Waals surface area contributed by atoms with Crippen molar-refractivity contribution in [1.82, 2.24) is 4.98 Å². The number of hydrogen-bond donors (Lipinski definition) is 1. The third-order valence-corrected chi connectivity index (χ3v) is 3.75. The van der Waals surface area contributed by atoms with E-state index in [0.29, 0.717) is 11.6 Å². The molecule has 1 heterocycles. The Morgan fingerprint density at radius 1 is 1.25 bits per heavy atom. The first-order valence-electron chi connectivity index (χ1n) is 6.21. The molecular formula is C15H16N2O2S. The number of amides is 1. The van der Waals surface area contributed by atoms with Gasteiger partial charge in [0.25, 0.3) is 0 Å². The van der Waals surface area contributed by atoms with Gasteiger partial charge in [0.2, 0.25) is 11.8 Å². The molecule has 0 radical (unpaired) electrons. The van der Waals surface area contributed by atoms with Gasteiger partial charge in [0.15, 0.2) is 0 Å². The highest BCUT2D eigenvalue weighted by atomic mass is 32.2. The van der Waals surface area contributed by atoms with E-state index in [2.05, 4.69) is 10.3 Å². The molecule has 1 atom stereocenters. The topological polar surface area (TPSA) is 51.2 Å². The third-order valence-electron chi connectivity index (χ3n) is 2.64. The van der Waals surface area contributed by atoms with Crippen LogP contribution in [-0.4, -0.2) is 23.3 Å². The molecule has 5 heteroatoms. The second-order valence-electron chi connectivity index (χ2n) is 4.15. The van der Waals surface area contributed by atoms with Gasteiger partial charge in [-0.25, -0.2) is 4.98 Å². The number of hydrogen-bond acceptors (Lipinski definition) is 4. The smallest absolute Gasteiger partial charge is 0.237 e. The van der Waals surface area contributed by atoms with Crippen LogP contribution in [-0.2, 0) is 4.79 Å². The monoisotopic (exact) mass is 288 g/mol. The Morgan fingerprint density at radius 2 is 2.00 bits per heavy atom. The van der Waals surface area contributed by atoms with Crippen molar-refractivity contribution in [2.24, 2.45) is 0 Å². The average Bonchev–Trinajstić information content (AvgIpc) is 2.49. The number of carbonyl (C=O) groups is 1. The summed E-state index contributed by atoms with van der Waals surface area (Å²) in [5.74, 6) is 0.473. The van der Waals surface area contributed by atoms with Gasteiger partial charge in [0.05, 0.1) is 24.2 Å². The molecule has 104 valence electrons. The minimum Gasteiger partial charge on any atom is -0.481 e. The molecule has 1 amide bonds. The molecule has 0 fully saturated rings. The standard InChI is InChI=1S/C15H16N2O2S/c1-11(20-13-6-4-3-5-7-13)15(18)17-12-8-9-14(19-2)16-10-12/h3-11H,1-2H3,(H,17,18). The molecule has 1 aromatic carbocycles. The molecule has 0 saturated carbocycles. The number of carbonyl (C=O) groups excluding carboxylic acids is 1. The van der Waals surface area contributed by atoms with Crippen molar-refractivity contribution in [3.63, 3.8) is 0 Å². The van der Waals surface area contributed by atoms with Crippen LogP contribution in [0.5, 0.6) is 5.88 Å². The molecular weight excluding hydrogens is 272 g/mol. The van der Waals surface area contributed by atoms with Crippen LogP contribution >= 0.6 is 11.8 Å². The van der Waals surface area contributed by atoms with Crippen LogP contribution < -0.4 is 10.1 Å². The summed E-state index contributed by atoms with van der Waals surface area (Å²) in [7, 11) is 1.55. The van der Waals surface area contributed by atoms with E-state index in [-0.39, 0.29) is 11.2 Å². The number of nitrogens with zero attached hydrogens (tertiary/aromatic N) is 1. The Hall–Kier alpha value is -2.01. The highest BCUT2D eigenvalue weighted by molar-refractivity contribution is 8.00. The second-order valence-corrected chi connectivity index (χ2v) is 5.57. The van der Waals surface area contributed by atoms with Gasteiger partial charge in [0, 0.05) is 11.0 Å². The van der Waals surface area contributed by atoms with E-state index in [1.165, 1.54) is 11.8 Å². The van der Waals surface area contributed by atoms with E-state index >= 15 is 0 Å². The van der Waals surface area contributed by atoms with Crippen LogP contribution in [0.15, 0.2) is 53.6 Å². The fourth-order valence-electron chi connectivity index (χ4n) is 1.58. The number of nitrogens with one attached hydrogen (secondary N) is 1. The Bertz CT molecular complexity index is 558. The Labute approximate surface area is 122 Å². The average molecular weight is 288 g/mol. The summed E-state index contributed by atoms with van der Waals surface area (Å²) in [4.78, 5) is 17.2. The predicted molar refractivity (Wildman–Crippen MR) is 81.2 cm³/mol. The number of anilines is 1. The fourth-order valence-corrected chi connectivity index (χ4v) is 2.46. The van der Waals surface area contributed by atoms with Crippen molar-refractivity contribution >= 4 is 23.4 Å². The first kappa shape index (κ1) is 14.4. The zero-order chi connectivity index (χ0) is 14.4.